The lowest BCUT2D eigenvalue weighted by Crippen LogP contribution is -1.91. The van der Waals surface area contributed by atoms with Gasteiger partial charge in [-0.25, -0.2) is 4.39 Å². The number of rotatable bonds is 3. The number of ether oxygens (including phenoxy) is 1. The largest absolute Gasteiger partial charge is 0.454 e. The molecule has 0 aliphatic rings. The summed E-state index contributed by atoms with van der Waals surface area (Å²) in [5.74, 6) is 0.590. The Hall–Kier alpha value is -1.35. The van der Waals surface area contributed by atoms with E-state index in [-0.39, 0.29) is 11.6 Å². The van der Waals surface area contributed by atoms with Gasteiger partial charge in [0, 0.05) is 5.33 Å². The molecular weight excluding hydrogens is 283 g/mol. The molecule has 0 radical (unpaired) electrons. The summed E-state index contributed by atoms with van der Waals surface area (Å²) < 4.78 is 19.3. The van der Waals surface area contributed by atoms with Gasteiger partial charge in [-0.3, -0.25) is 0 Å². The Bertz CT molecular complexity index is 525. The number of benzene rings is 2. The molecular formula is C14H12BrFO. The Morgan fingerprint density at radius 3 is 2.53 bits per heavy atom. The normalized spacial score (nSPS) is 10.3. The minimum atomic E-state index is -0.342. The average molecular weight is 295 g/mol. The van der Waals surface area contributed by atoms with Gasteiger partial charge in [-0.2, -0.15) is 0 Å². The van der Waals surface area contributed by atoms with E-state index in [0.29, 0.717) is 11.1 Å². The molecule has 0 N–H and O–H groups in total. The molecule has 0 saturated carbocycles. The van der Waals surface area contributed by atoms with Crippen molar-refractivity contribution in [3.63, 3.8) is 0 Å². The Balaban J connectivity index is 2.28. The van der Waals surface area contributed by atoms with E-state index in [0.717, 1.165) is 11.1 Å². The number of hydrogen-bond acceptors (Lipinski definition) is 1. The number of halogens is 2. The van der Waals surface area contributed by atoms with Crippen molar-refractivity contribution in [1.82, 2.24) is 0 Å². The van der Waals surface area contributed by atoms with E-state index in [4.69, 9.17) is 4.74 Å². The van der Waals surface area contributed by atoms with E-state index in [1.807, 2.05) is 37.3 Å². The molecule has 0 aliphatic carbocycles. The lowest BCUT2D eigenvalue weighted by molar-refractivity contribution is 0.439. The molecule has 0 spiro atoms. The Morgan fingerprint density at radius 1 is 1.12 bits per heavy atom. The molecule has 0 saturated heterocycles. The maximum atomic E-state index is 13.7. The molecule has 0 heterocycles. The van der Waals surface area contributed by atoms with Gasteiger partial charge < -0.3 is 4.74 Å². The van der Waals surface area contributed by atoms with Crippen LogP contribution in [0.25, 0.3) is 0 Å². The fraction of sp³-hybridized carbons (Fsp3) is 0.143. The molecule has 0 aliphatic heterocycles. The summed E-state index contributed by atoms with van der Waals surface area (Å²) in [6, 6.07) is 12.5. The Kier molecular flexibility index (Phi) is 3.79. The molecule has 0 amide bonds. The van der Waals surface area contributed by atoms with Gasteiger partial charge in [0.05, 0.1) is 0 Å². The fourth-order valence-electron chi connectivity index (χ4n) is 1.50. The van der Waals surface area contributed by atoms with Crippen molar-refractivity contribution in [3.8, 4) is 11.5 Å². The van der Waals surface area contributed by atoms with Gasteiger partial charge in [0.15, 0.2) is 11.6 Å². The molecule has 3 heteroatoms. The van der Waals surface area contributed by atoms with Crippen molar-refractivity contribution in [3.05, 3.63) is 59.4 Å². The predicted octanol–water partition coefficient (Wildman–Crippen LogP) is 4.82. The fourth-order valence-corrected chi connectivity index (χ4v) is 1.85. The molecule has 1 nitrogen and oxygen atoms in total. The lowest BCUT2D eigenvalue weighted by atomic mass is 10.2. The summed E-state index contributed by atoms with van der Waals surface area (Å²) in [4.78, 5) is 0. The van der Waals surface area contributed by atoms with Crippen LogP contribution < -0.4 is 4.74 Å². The van der Waals surface area contributed by atoms with E-state index < -0.39 is 0 Å². The Morgan fingerprint density at radius 2 is 1.88 bits per heavy atom. The van der Waals surface area contributed by atoms with Crippen molar-refractivity contribution >= 4 is 15.9 Å². The molecule has 17 heavy (non-hydrogen) atoms. The van der Waals surface area contributed by atoms with Crippen LogP contribution in [0.5, 0.6) is 11.5 Å². The van der Waals surface area contributed by atoms with Crippen molar-refractivity contribution in [2.45, 2.75) is 12.3 Å². The maximum absolute atomic E-state index is 13.7. The van der Waals surface area contributed by atoms with Crippen LogP contribution in [-0.4, -0.2) is 0 Å². The van der Waals surface area contributed by atoms with Gasteiger partial charge in [-0.1, -0.05) is 40.2 Å². The topological polar surface area (TPSA) is 9.23 Å². The number of alkyl halides is 1. The molecule has 0 bridgehead atoms. The van der Waals surface area contributed by atoms with Gasteiger partial charge in [-0.05, 0) is 36.2 Å². The molecule has 2 aromatic carbocycles. The average Bonchev–Trinajstić information content (AvgIpc) is 2.34. The van der Waals surface area contributed by atoms with Crippen molar-refractivity contribution in [2.75, 3.05) is 0 Å². The molecule has 0 fully saturated rings. The van der Waals surface area contributed by atoms with Crippen LogP contribution in [0.1, 0.15) is 11.1 Å². The molecule has 0 atom stereocenters. The third-order valence-corrected chi connectivity index (χ3v) is 3.11. The second kappa shape index (κ2) is 5.32. The van der Waals surface area contributed by atoms with E-state index in [1.165, 1.54) is 6.07 Å². The number of para-hydroxylation sites is 1. The second-order valence-corrected chi connectivity index (χ2v) is 4.33. The molecule has 88 valence electrons. The molecule has 2 aromatic rings. The van der Waals surface area contributed by atoms with Crippen molar-refractivity contribution in [2.24, 2.45) is 0 Å². The summed E-state index contributed by atoms with van der Waals surface area (Å²) >= 11 is 3.29. The summed E-state index contributed by atoms with van der Waals surface area (Å²) in [5.41, 5.74) is 1.87. The molecule has 2 rings (SSSR count). The molecule has 0 unspecified atom stereocenters. The minimum absolute atomic E-state index is 0.254. The molecule has 0 aromatic heterocycles. The highest BCUT2D eigenvalue weighted by Gasteiger charge is 2.06. The van der Waals surface area contributed by atoms with Crippen molar-refractivity contribution < 1.29 is 9.13 Å². The highest BCUT2D eigenvalue weighted by molar-refractivity contribution is 9.08. The third kappa shape index (κ3) is 2.86. The van der Waals surface area contributed by atoms with Crippen LogP contribution in [0, 0.1) is 12.7 Å². The Labute approximate surface area is 108 Å². The van der Waals surface area contributed by atoms with Gasteiger partial charge in [-0.15, -0.1) is 0 Å². The minimum Gasteiger partial charge on any atom is -0.454 e. The first-order valence-electron chi connectivity index (χ1n) is 5.28. The van der Waals surface area contributed by atoms with E-state index in [2.05, 4.69) is 15.9 Å². The van der Waals surface area contributed by atoms with Crippen LogP contribution in [0.15, 0.2) is 42.5 Å². The first-order valence-corrected chi connectivity index (χ1v) is 6.40. The van der Waals surface area contributed by atoms with Crippen LogP contribution in [0.2, 0.25) is 0 Å². The second-order valence-electron chi connectivity index (χ2n) is 3.77. The van der Waals surface area contributed by atoms with E-state index in [1.54, 1.807) is 6.07 Å². The first-order chi connectivity index (χ1) is 8.20. The van der Waals surface area contributed by atoms with Gasteiger partial charge in [0.2, 0.25) is 0 Å². The summed E-state index contributed by atoms with van der Waals surface area (Å²) in [6.07, 6.45) is 0. The number of hydrogen-bond donors (Lipinski definition) is 0. The van der Waals surface area contributed by atoms with Crippen molar-refractivity contribution in [1.29, 1.82) is 0 Å². The summed E-state index contributed by atoms with van der Waals surface area (Å²) in [6.45, 7) is 1.93. The van der Waals surface area contributed by atoms with E-state index >= 15 is 0 Å². The summed E-state index contributed by atoms with van der Waals surface area (Å²) in [7, 11) is 0. The lowest BCUT2D eigenvalue weighted by Gasteiger charge is -2.09. The van der Waals surface area contributed by atoms with Crippen LogP contribution >= 0.6 is 15.9 Å². The zero-order valence-corrected chi connectivity index (χ0v) is 11.0. The quantitative estimate of drug-likeness (QED) is 0.737. The van der Waals surface area contributed by atoms with Gasteiger partial charge in [0.1, 0.15) is 5.75 Å². The zero-order valence-electron chi connectivity index (χ0n) is 9.41. The van der Waals surface area contributed by atoms with Gasteiger partial charge in [0.25, 0.3) is 0 Å². The van der Waals surface area contributed by atoms with Crippen LogP contribution in [0.3, 0.4) is 0 Å². The highest BCUT2D eigenvalue weighted by Crippen LogP contribution is 2.27. The standard InChI is InChI=1S/C14H12BrFO/c1-10-4-2-3-5-13(10)17-14-7-6-11(9-15)8-12(14)16/h2-8H,9H2,1H3. The smallest absolute Gasteiger partial charge is 0.166 e. The van der Waals surface area contributed by atoms with Crippen LogP contribution in [-0.2, 0) is 5.33 Å². The maximum Gasteiger partial charge on any atom is 0.166 e. The number of aryl methyl sites for hydroxylation is 1. The first kappa shape index (κ1) is 12.1. The van der Waals surface area contributed by atoms with E-state index in [9.17, 15) is 4.39 Å². The highest BCUT2D eigenvalue weighted by atomic mass is 79.9. The monoisotopic (exact) mass is 294 g/mol. The van der Waals surface area contributed by atoms with Gasteiger partial charge >= 0.3 is 0 Å². The third-order valence-electron chi connectivity index (χ3n) is 2.46. The SMILES string of the molecule is Cc1ccccc1Oc1ccc(CBr)cc1F. The predicted molar refractivity (Wildman–Crippen MR) is 70.3 cm³/mol. The zero-order chi connectivity index (χ0) is 12.3. The summed E-state index contributed by atoms with van der Waals surface area (Å²) in [5, 5.41) is 0.633. The van der Waals surface area contributed by atoms with Crippen LogP contribution in [0.4, 0.5) is 4.39 Å².